The normalized spacial score (nSPS) is 14.3. The number of hydrogen-bond acceptors (Lipinski definition) is 5. The molecule has 1 aliphatic heterocycles. The summed E-state index contributed by atoms with van der Waals surface area (Å²) in [6, 6.07) is 2.02. The minimum absolute atomic E-state index is 0.0360. The van der Waals surface area contributed by atoms with Crippen molar-refractivity contribution in [2.24, 2.45) is 7.05 Å². The lowest BCUT2D eigenvalue weighted by Crippen LogP contribution is -2.38. The number of hydrogen-bond donors (Lipinski definition) is 0. The third-order valence-corrected chi connectivity index (χ3v) is 4.45. The SMILES string of the molecule is Cc1cc2c(N3CCc4nc(C)n(C)c(=O)c4C3)nccn2n1. The third kappa shape index (κ3) is 2.11. The van der Waals surface area contributed by atoms with E-state index in [9.17, 15) is 4.79 Å². The van der Waals surface area contributed by atoms with Gasteiger partial charge in [0.05, 0.1) is 23.5 Å². The molecule has 7 nitrogen and oxygen atoms in total. The minimum atomic E-state index is 0.0360. The van der Waals surface area contributed by atoms with E-state index in [1.54, 1.807) is 17.8 Å². The molecule has 0 radical (unpaired) electrons. The lowest BCUT2D eigenvalue weighted by molar-refractivity contribution is 0.650. The van der Waals surface area contributed by atoms with Crippen molar-refractivity contribution in [3.05, 3.63) is 51.6 Å². The largest absolute Gasteiger partial charge is 0.350 e. The van der Waals surface area contributed by atoms with E-state index < -0.39 is 0 Å². The highest BCUT2D eigenvalue weighted by molar-refractivity contribution is 5.69. The zero-order valence-electron chi connectivity index (χ0n) is 13.4. The molecule has 0 aliphatic carbocycles. The van der Waals surface area contributed by atoms with Crippen LogP contribution in [-0.2, 0) is 20.0 Å². The number of anilines is 1. The summed E-state index contributed by atoms with van der Waals surface area (Å²) in [6.07, 6.45) is 4.34. The van der Waals surface area contributed by atoms with E-state index in [1.165, 1.54) is 0 Å². The molecule has 7 heteroatoms. The monoisotopic (exact) mass is 310 g/mol. The molecule has 23 heavy (non-hydrogen) atoms. The molecule has 4 rings (SSSR count). The van der Waals surface area contributed by atoms with Gasteiger partial charge in [0, 0.05) is 32.4 Å². The van der Waals surface area contributed by atoms with Crippen LogP contribution in [0.15, 0.2) is 23.3 Å². The highest BCUT2D eigenvalue weighted by Crippen LogP contribution is 2.24. The summed E-state index contributed by atoms with van der Waals surface area (Å²) >= 11 is 0. The Kier molecular flexibility index (Phi) is 2.97. The van der Waals surface area contributed by atoms with E-state index in [-0.39, 0.29) is 5.56 Å². The Hall–Kier alpha value is -2.70. The fourth-order valence-electron chi connectivity index (χ4n) is 3.14. The maximum atomic E-state index is 12.5. The smallest absolute Gasteiger partial charge is 0.258 e. The standard InChI is InChI=1S/C16H18N6O/c1-10-8-14-15(17-5-7-22(14)19-10)21-6-4-13-12(9-21)16(23)20(3)11(2)18-13/h5,7-8H,4,6,9H2,1-3H3. The van der Waals surface area contributed by atoms with Gasteiger partial charge in [0.2, 0.25) is 0 Å². The average molecular weight is 310 g/mol. The first kappa shape index (κ1) is 13.9. The highest BCUT2D eigenvalue weighted by Gasteiger charge is 2.24. The Morgan fingerprint density at radius 1 is 1.26 bits per heavy atom. The van der Waals surface area contributed by atoms with Gasteiger partial charge in [-0.05, 0) is 19.9 Å². The van der Waals surface area contributed by atoms with Crippen molar-refractivity contribution in [3.63, 3.8) is 0 Å². The molecule has 0 amide bonds. The Balaban J connectivity index is 1.81. The molecule has 0 unspecified atom stereocenters. The van der Waals surface area contributed by atoms with Crippen molar-refractivity contribution in [2.45, 2.75) is 26.8 Å². The van der Waals surface area contributed by atoms with Crippen LogP contribution in [-0.4, -0.2) is 30.7 Å². The molecule has 0 aromatic carbocycles. The van der Waals surface area contributed by atoms with Gasteiger partial charge in [-0.15, -0.1) is 0 Å². The molecule has 0 spiro atoms. The predicted octanol–water partition coefficient (Wildman–Crippen LogP) is 1.00. The maximum Gasteiger partial charge on any atom is 0.258 e. The second-order valence-electron chi connectivity index (χ2n) is 5.99. The highest BCUT2D eigenvalue weighted by atomic mass is 16.1. The Morgan fingerprint density at radius 2 is 2.09 bits per heavy atom. The molecule has 0 N–H and O–H groups in total. The molecule has 0 bridgehead atoms. The summed E-state index contributed by atoms with van der Waals surface area (Å²) in [5.41, 5.74) is 3.63. The predicted molar refractivity (Wildman–Crippen MR) is 86.7 cm³/mol. The van der Waals surface area contributed by atoms with Crippen molar-refractivity contribution in [1.82, 2.24) is 24.1 Å². The molecule has 0 saturated carbocycles. The molecular formula is C16H18N6O. The van der Waals surface area contributed by atoms with E-state index in [2.05, 4.69) is 20.0 Å². The third-order valence-electron chi connectivity index (χ3n) is 4.45. The van der Waals surface area contributed by atoms with Gasteiger partial charge >= 0.3 is 0 Å². The summed E-state index contributed by atoms with van der Waals surface area (Å²) in [6.45, 7) is 5.16. The fraction of sp³-hybridized carbons (Fsp3) is 0.375. The summed E-state index contributed by atoms with van der Waals surface area (Å²) in [5, 5.41) is 4.43. The number of aryl methyl sites for hydroxylation is 2. The van der Waals surface area contributed by atoms with E-state index in [4.69, 9.17) is 0 Å². The average Bonchev–Trinajstić information content (AvgIpc) is 2.92. The quantitative estimate of drug-likeness (QED) is 0.671. The zero-order chi connectivity index (χ0) is 16.1. The van der Waals surface area contributed by atoms with Crippen LogP contribution in [0.25, 0.3) is 5.52 Å². The van der Waals surface area contributed by atoms with E-state index in [0.717, 1.165) is 47.1 Å². The van der Waals surface area contributed by atoms with Gasteiger partial charge in [-0.3, -0.25) is 9.36 Å². The van der Waals surface area contributed by atoms with E-state index >= 15 is 0 Å². The van der Waals surface area contributed by atoms with Gasteiger partial charge in [-0.2, -0.15) is 5.10 Å². The van der Waals surface area contributed by atoms with Gasteiger partial charge in [-0.1, -0.05) is 0 Å². The van der Waals surface area contributed by atoms with Gasteiger partial charge < -0.3 is 4.90 Å². The van der Waals surface area contributed by atoms with Crippen molar-refractivity contribution in [1.29, 1.82) is 0 Å². The van der Waals surface area contributed by atoms with Crippen LogP contribution >= 0.6 is 0 Å². The van der Waals surface area contributed by atoms with Crippen molar-refractivity contribution >= 4 is 11.3 Å². The van der Waals surface area contributed by atoms with Gasteiger partial charge in [0.25, 0.3) is 5.56 Å². The van der Waals surface area contributed by atoms with Crippen LogP contribution < -0.4 is 10.5 Å². The Morgan fingerprint density at radius 3 is 2.91 bits per heavy atom. The molecule has 0 fully saturated rings. The first-order valence-corrected chi connectivity index (χ1v) is 7.66. The summed E-state index contributed by atoms with van der Waals surface area (Å²) in [4.78, 5) is 23.8. The summed E-state index contributed by atoms with van der Waals surface area (Å²) < 4.78 is 3.44. The van der Waals surface area contributed by atoms with E-state index in [0.29, 0.717) is 6.54 Å². The van der Waals surface area contributed by atoms with Crippen molar-refractivity contribution < 1.29 is 0 Å². The van der Waals surface area contributed by atoms with Crippen LogP contribution in [0, 0.1) is 13.8 Å². The first-order chi connectivity index (χ1) is 11.0. The van der Waals surface area contributed by atoms with Crippen LogP contribution in [0.5, 0.6) is 0 Å². The molecule has 0 atom stereocenters. The molecular weight excluding hydrogens is 292 g/mol. The summed E-state index contributed by atoms with van der Waals surface area (Å²) in [7, 11) is 1.77. The van der Waals surface area contributed by atoms with Crippen LogP contribution in [0.4, 0.5) is 5.82 Å². The first-order valence-electron chi connectivity index (χ1n) is 7.66. The van der Waals surface area contributed by atoms with Crippen LogP contribution in [0.3, 0.4) is 0 Å². The van der Waals surface area contributed by atoms with Gasteiger partial charge in [0.15, 0.2) is 5.82 Å². The van der Waals surface area contributed by atoms with Gasteiger partial charge in [-0.25, -0.2) is 14.5 Å². The number of rotatable bonds is 1. The Labute approximate surface area is 133 Å². The molecule has 118 valence electrons. The van der Waals surface area contributed by atoms with E-state index in [1.807, 2.05) is 30.6 Å². The number of fused-ring (bicyclic) bond motifs is 2. The summed E-state index contributed by atoms with van der Waals surface area (Å²) in [5.74, 6) is 1.62. The van der Waals surface area contributed by atoms with Crippen LogP contribution in [0.2, 0.25) is 0 Å². The Bertz CT molecular complexity index is 971. The number of aromatic nitrogens is 5. The zero-order valence-corrected chi connectivity index (χ0v) is 13.4. The second kappa shape index (κ2) is 4.91. The minimum Gasteiger partial charge on any atom is -0.350 e. The van der Waals surface area contributed by atoms with Crippen molar-refractivity contribution in [2.75, 3.05) is 11.4 Å². The molecule has 3 aromatic rings. The second-order valence-corrected chi connectivity index (χ2v) is 5.99. The number of nitrogens with zero attached hydrogens (tertiary/aromatic N) is 6. The lowest BCUT2D eigenvalue weighted by Gasteiger charge is -2.29. The lowest BCUT2D eigenvalue weighted by atomic mass is 10.1. The molecule has 3 aromatic heterocycles. The fourth-order valence-corrected chi connectivity index (χ4v) is 3.14. The maximum absolute atomic E-state index is 12.5. The topological polar surface area (TPSA) is 68.3 Å². The molecule has 1 aliphatic rings. The van der Waals surface area contributed by atoms with Crippen molar-refractivity contribution in [3.8, 4) is 0 Å². The molecule has 4 heterocycles. The van der Waals surface area contributed by atoms with Gasteiger partial charge in [0.1, 0.15) is 11.3 Å². The van der Waals surface area contributed by atoms with Crippen LogP contribution in [0.1, 0.15) is 22.8 Å². The molecule has 0 saturated heterocycles.